The highest BCUT2D eigenvalue weighted by Crippen LogP contribution is 2.30. The van der Waals surface area contributed by atoms with Crippen molar-refractivity contribution < 1.29 is 14.8 Å². The van der Waals surface area contributed by atoms with Crippen LogP contribution in [0.25, 0.3) is 0 Å². The van der Waals surface area contributed by atoms with Gasteiger partial charge in [0.05, 0.1) is 22.1 Å². The topological polar surface area (TPSA) is 83.7 Å². The second-order valence-electron chi connectivity index (χ2n) is 4.02. The van der Waals surface area contributed by atoms with Gasteiger partial charge in [0, 0.05) is 25.2 Å². The lowest BCUT2D eigenvalue weighted by molar-refractivity contribution is -0.384. The molecule has 0 saturated carbocycles. The molecule has 104 valence electrons. The van der Waals surface area contributed by atoms with Crippen molar-refractivity contribution in [3.05, 3.63) is 33.3 Å². The zero-order valence-electron chi connectivity index (χ0n) is 10.5. The van der Waals surface area contributed by atoms with Crippen molar-refractivity contribution in [2.75, 3.05) is 18.0 Å². The molecule has 1 N–H and O–H groups in total. The summed E-state index contributed by atoms with van der Waals surface area (Å²) in [5, 5.41) is 19.6. The predicted molar refractivity (Wildman–Crippen MR) is 72.9 cm³/mol. The molecule has 0 heterocycles. The molecule has 7 heteroatoms. The Balaban J connectivity index is 2.95. The maximum absolute atomic E-state index is 10.6. The van der Waals surface area contributed by atoms with E-state index in [1.807, 2.05) is 11.8 Å². The molecule has 1 rings (SSSR count). The van der Waals surface area contributed by atoms with E-state index in [-0.39, 0.29) is 17.1 Å². The Morgan fingerprint density at radius 3 is 2.63 bits per heavy atom. The molecule has 0 saturated heterocycles. The van der Waals surface area contributed by atoms with Crippen molar-refractivity contribution in [3.63, 3.8) is 0 Å². The van der Waals surface area contributed by atoms with E-state index < -0.39 is 10.9 Å². The summed E-state index contributed by atoms with van der Waals surface area (Å²) in [6.07, 6.45) is 0.820. The predicted octanol–water partition coefficient (Wildman–Crippen LogP) is 2.94. The zero-order chi connectivity index (χ0) is 14.4. The highest BCUT2D eigenvalue weighted by Gasteiger charge is 2.15. The molecular formula is C12H15ClN2O4. The number of aliphatic carboxylic acids is 1. The number of hydrogen-bond donors (Lipinski definition) is 1. The minimum Gasteiger partial charge on any atom is -0.481 e. The molecule has 0 radical (unpaired) electrons. The molecule has 1 aromatic carbocycles. The first kappa shape index (κ1) is 15.2. The van der Waals surface area contributed by atoms with Crippen molar-refractivity contribution in [1.29, 1.82) is 0 Å². The van der Waals surface area contributed by atoms with E-state index in [0.29, 0.717) is 18.8 Å². The van der Waals surface area contributed by atoms with Crippen LogP contribution in [0.4, 0.5) is 11.4 Å². The molecule has 19 heavy (non-hydrogen) atoms. The van der Waals surface area contributed by atoms with Gasteiger partial charge in [-0.05, 0) is 12.5 Å². The second-order valence-corrected chi connectivity index (χ2v) is 4.43. The van der Waals surface area contributed by atoms with Crippen LogP contribution in [0.15, 0.2) is 18.2 Å². The lowest BCUT2D eigenvalue weighted by atomic mass is 10.2. The van der Waals surface area contributed by atoms with Crippen molar-refractivity contribution >= 4 is 28.9 Å². The van der Waals surface area contributed by atoms with Gasteiger partial charge in [-0.25, -0.2) is 0 Å². The number of carboxylic acids is 1. The van der Waals surface area contributed by atoms with E-state index in [4.69, 9.17) is 16.7 Å². The first-order valence-corrected chi connectivity index (χ1v) is 6.24. The van der Waals surface area contributed by atoms with Crippen LogP contribution in [0.2, 0.25) is 5.02 Å². The fourth-order valence-corrected chi connectivity index (χ4v) is 2.01. The van der Waals surface area contributed by atoms with Crippen molar-refractivity contribution in [2.45, 2.75) is 19.8 Å². The van der Waals surface area contributed by atoms with E-state index >= 15 is 0 Å². The molecule has 0 aromatic heterocycles. The van der Waals surface area contributed by atoms with Gasteiger partial charge in [-0.15, -0.1) is 0 Å². The molecule has 0 spiro atoms. The van der Waals surface area contributed by atoms with E-state index in [9.17, 15) is 14.9 Å². The Labute approximate surface area is 115 Å². The van der Waals surface area contributed by atoms with Crippen LogP contribution in [-0.2, 0) is 4.79 Å². The van der Waals surface area contributed by atoms with Gasteiger partial charge in [0.2, 0.25) is 0 Å². The number of nitro groups is 1. The van der Waals surface area contributed by atoms with Crippen molar-refractivity contribution in [2.24, 2.45) is 0 Å². The van der Waals surface area contributed by atoms with Crippen LogP contribution in [0.5, 0.6) is 0 Å². The van der Waals surface area contributed by atoms with Gasteiger partial charge in [0.25, 0.3) is 5.69 Å². The SMILES string of the molecule is CCCN(CCC(=O)O)c1ccc([N+](=O)[O-])cc1Cl. The fourth-order valence-electron chi connectivity index (χ4n) is 1.72. The molecule has 0 aliphatic rings. The van der Waals surface area contributed by atoms with Gasteiger partial charge in [-0.2, -0.15) is 0 Å². The Bertz CT molecular complexity index is 479. The summed E-state index contributed by atoms with van der Waals surface area (Å²) >= 11 is 6.03. The largest absolute Gasteiger partial charge is 0.481 e. The van der Waals surface area contributed by atoms with Crippen molar-refractivity contribution in [1.82, 2.24) is 0 Å². The first-order chi connectivity index (χ1) is 8.95. The number of carboxylic acid groups (broad SMARTS) is 1. The lowest BCUT2D eigenvalue weighted by Crippen LogP contribution is -2.27. The summed E-state index contributed by atoms with van der Waals surface area (Å²) < 4.78 is 0. The third-order valence-electron chi connectivity index (χ3n) is 2.57. The second kappa shape index (κ2) is 6.94. The monoisotopic (exact) mass is 286 g/mol. The molecule has 0 amide bonds. The molecule has 0 atom stereocenters. The Kier molecular flexibility index (Phi) is 5.57. The number of nitrogens with zero attached hydrogens (tertiary/aromatic N) is 2. The van der Waals surface area contributed by atoms with E-state index in [2.05, 4.69) is 0 Å². The average molecular weight is 287 g/mol. The summed E-state index contributed by atoms with van der Waals surface area (Å²) in [5.74, 6) is -0.890. The minimum atomic E-state index is -0.890. The molecule has 0 aliphatic heterocycles. The summed E-state index contributed by atoms with van der Waals surface area (Å²) in [6, 6.07) is 4.20. The van der Waals surface area contributed by atoms with Crippen LogP contribution < -0.4 is 4.90 Å². The van der Waals surface area contributed by atoms with Crippen LogP contribution >= 0.6 is 11.6 Å². The number of hydrogen-bond acceptors (Lipinski definition) is 4. The maximum atomic E-state index is 10.6. The number of rotatable bonds is 7. The molecule has 0 bridgehead atoms. The number of anilines is 1. The lowest BCUT2D eigenvalue weighted by Gasteiger charge is -2.24. The highest BCUT2D eigenvalue weighted by molar-refractivity contribution is 6.33. The maximum Gasteiger partial charge on any atom is 0.305 e. The van der Waals surface area contributed by atoms with Gasteiger partial charge >= 0.3 is 5.97 Å². The fraction of sp³-hybridized carbons (Fsp3) is 0.417. The molecule has 1 aromatic rings. The highest BCUT2D eigenvalue weighted by atomic mass is 35.5. The summed E-state index contributed by atoms with van der Waals surface area (Å²) in [6.45, 7) is 2.93. The molecule has 6 nitrogen and oxygen atoms in total. The van der Waals surface area contributed by atoms with Crippen LogP contribution in [0.3, 0.4) is 0 Å². The Hall–Kier alpha value is -1.82. The quantitative estimate of drug-likeness (QED) is 0.615. The zero-order valence-corrected chi connectivity index (χ0v) is 11.3. The van der Waals surface area contributed by atoms with Gasteiger partial charge in [-0.3, -0.25) is 14.9 Å². The number of non-ortho nitro benzene ring substituents is 1. The normalized spacial score (nSPS) is 10.2. The van der Waals surface area contributed by atoms with E-state index in [1.165, 1.54) is 12.1 Å². The van der Waals surface area contributed by atoms with Crippen LogP contribution in [0, 0.1) is 10.1 Å². The molecule has 0 fully saturated rings. The number of halogens is 1. The average Bonchev–Trinajstić information content (AvgIpc) is 2.34. The Morgan fingerprint density at radius 2 is 2.16 bits per heavy atom. The molecular weight excluding hydrogens is 272 g/mol. The van der Waals surface area contributed by atoms with Crippen molar-refractivity contribution in [3.8, 4) is 0 Å². The van der Waals surface area contributed by atoms with E-state index in [1.54, 1.807) is 6.07 Å². The van der Waals surface area contributed by atoms with E-state index in [0.717, 1.165) is 6.42 Å². The number of carbonyl (C=O) groups is 1. The van der Waals surface area contributed by atoms with Gasteiger partial charge < -0.3 is 10.0 Å². The molecule has 0 aliphatic carbocycles. The van der Waals surface area contributed by atoms with Gasteiger partial charge in [0.1, 0.15) is 0 Å². The Morgan fingerprint density at radius 1 is 1.47 bits per heavy atom. The van der Waals surface area contributed by atoms with Crippen LogP contribution in [0.1, 0.15) is 19.8 Å². The smallest absolute Gasteiger partial charge is 0.305 e. The third-order valence-corrected chi connectivity index (χ3v) is 2.87. The third kappa shape index (κ3) is 4.40. The summed E-state index contributed by atoms with van der Waals surface area (Å²) in [4.78, 5) is 22.6. The van der Waals surface area contributed by atoms with Crippen LogP contribution in [-0.4, -0.2) is 29.1 Å². The first-order valence-electron chi connectivity index (χ1n) is 5.86. The molecule has 0 unspecified atom stereocenters. The summed E-state index contributed by atoms with van der Waals surface area (Å²) in [5.41, 5.74) is 0.541. The summed E-state index contributed by atoms with van der Waals surface area (Å²) in [7, 11) is 0. The number of benzene rings is 1. The van der Waals surface area contributed by atoms with Gasteiger partial charge in [-0.1, -0.05) is 18.5 Å². The van der Waals surface area contributed by atoms with Gasteiger partial charge in [0.15, 0.2) is 0 Å². The standard InChI is InChI=1S/C12H15ClN2O4/c1-2-6-14(7-5-12(16)17)11-4-3-9(15(18)19)8-10(11)13/h3-4,8H,2,5-7H2,1H3,(H,16,17). The minimum absolute atomic E-state index is 0.00663. The number of nitro benzene ring substituents is 1.